The van der Waals surface area contributed by atoms with Gasteiger partial charge in [0, 0.05) is 57.2 Å². The van der Waals surface area contributed by atoms with E-state index in [1.165, 1.54) is 0 Å². The van der Waals surface area contributed by atoms with E-state index in [-0.39, 0.29) is 24.2 Å². The van der Waals surface area contributed by atoms with Gasteiger partial charge in [0.1, 0.15) is 6.07 Å². The van der Waals surface area contributed by atoms with E-state index in [2.05, 4.69) is 57.4 Å². The lowest BCUT2D eigenvalue weighted by molar-refractivity contribution is 0.0857. The van der Waals surface area contributed by atoms with E-state index in [0.29, 0.717) is 5.56 Å². The molecule has 8 rings (SSSR count). The lowest BCUT2D eigenvalue weighted by Gasteiger charge is -2.56. The Morgan fingerprint density at radius 3 is 2.60 bits per heavy atom. The molecule has 2 unspecified atom stereocenters. The fourth-order valence-corrected chi connectivity index (χ4v) is 7.17. The Bertz CT molecular complexity index is 1670. The monoisotopic (exact) mass is 583 g/mol. The van der Waals surface area contributed by atoms with Gasteiger partial charge in [0.15, 0.2) is 5.01 Å². The third kappa shape index (κ3) is 4.70. The molecule has 2 bridgehead atoms. The predicted molar refractivity (Wildman–Crippen MR) is 162 cm³/mol. The summed E-state index contributed by atoms with van der Waals surface area (Å²) in [5.41, 5.74) is 4.79. The number of nitrogens with zero attached hydrogens (tertiary/aromatic N) is 10. The number of aromatic nitrogens is 5. The number of piperidine rings is 1. The van der Waals surface area contributed by atoms with E-state index < -0.39 is 0 Å². The Labute approximate surface area is 248 Å². The molecule has 12 nitrogen and oxygen atoms in total. The summed E-state index contributed by atoms with van der Waals surface area (Å²) in [7, 11) is 2.10. The second-order valence-electron chi connectivity index (χ2n) is 11.6. The first-order valence-corrected chi connectivity index (χ1v) is 15.2. The standard InChI is InChI=1S/C29H33N11OS/c1-18(2)33-24-12-25(26-5-4-20-10-19(13-30)14-32-40(20)26)31-15-23(24)27-34-35-28(42-27)39-21-11-22(39)17-38(16-21)29(41)37-8-6-36(3)7-9-37/h4-5,10,12,14-15,18,21-22H,6-9,11,16-17H2,1-3H3,(H,31,33). The van der Waals surface area contributed by atoms with Crippen molar-refractivity contribution in [1.82, 2.24) is 39.5 Å². The summed E-state index contributed by atoms with van der Waals surface area (Å²) in [4.78, 5) is 26.6. The molecule has 4 aliphatic heterocycles. The van der Waals surface area contributed by atoms with Crippen LogP contribution in [0.15, 0.2) is 36.7 Å². The average molecular weight is 584 g/mol. The zero-order valence-electron chi connectivity index (χ0n) is 23.9. The Balaban J connectivity index is 1.11. The SMILES string of the molecule is CC(C)Nc1cc(-c2ccc3cc(C#N)cnn23)ncc1-c1nnc(N2C3CC2CN(C(=O)N2CCN(C)CC2)C3)s1. The quantitative estimate of drug-likeness (QED) is 0.377. The molecule has 0 aliphatic carbocycles. The minimum Gasteiger partial charge on any atom is -0.382 e. The van der Waals surface area contributed by atoms with Crippen molar-refractivity contribution >= 4 is 33.7 Å². The largest absolute Gasteiger partial charge is 0.382 e. The van der Waals surface area contributed by atoms with Crippen molar-refractivity contribution in [3.63, 3.8) is 0 Å². The van der Waals surface area contributed by atoms with Crippen LogP contribution in [0.25, 0.3) is 27.5 Å². The van der Waals surface area contributed by atoms with Gasteiger partial charge in [-0.3, -0.25) is 4.98 Å². The first-order valence-electron chi connectivity index (χ1n) is 14.4. The molecule has 0 saturated carbocycles. The number of fused-ring (bicyclic) bond motifs is 3. The number of amides is 2. The minimum absolute atomic E-state index is 0.169. The number of likely N-dealkylation sites (N-methyl/N-ethyl adjacent to an activating group) is 1. The van der Waals surface area contributed by atoms with Crippen molar-refractivity contribution in [3.8, 4) is 28.0 Å². The molecule has 1 N–H and O–H groups in total. The molecule has 0 spiro atoms. The van der Waals surface area contributed by atoms with Gasteiger partial charge >= 0.3 is 6.03 Å². The van der Waals surface area contributed by atoms with Gasteiger partial charge in [0.05, 0.1) is 46.3 Å². The van der Waals surface area contributed by atoms with Gasteiger partial charge < -0.3 is 24.9 Å². The van der Waals surface area contributed by atoms with E-state index in [0.717, 1.165) is 84.0 Å². The topological polar surface area (TPSA) is 122 Å². The van der Waals surface area contributed by atoms with E-state index in [9.17, 15) is 10.1 Å². The van der Waals surface area contributed by atoms with Crippen LogP contribution in [0.2, 0.25) is 0 Å². The molecule has 0 aromatic carbocycles. The van der Waals surface area contributed by atoms with Crippen LogP contribution in [-0.4, -0.2) is 110 Å². The van der Waals surface area contributed by atoms with Crippen molar-refractivity contribution in [2.45, 2.75) is 38.4 Å². The normalized spacial score (nSPS) is 20.6. The molecular weight excluding hydrogens is 550 g/mol. The number of hydrogen-bond donors (Lipinski definition) is 1. The van der Waals surface area contributed by atoms with Gasteiger partial charge in [-0.15, -0.1) is 10.2 Å². The first-order chi connectivity index (χ1) is 20.4. The van der Waals surface area contributed by atoms with Gasteiger partial charge in [-0.05, 0) is 51.6 Å². The molecule has 2 amide bonds. The molecule has 4 fully saturated rings. The summed E-state index contributed by atoms with van der Waals surface area (Å²) in [5.74, 6) is 0. The van der Waals surface area contributed by atoms with E-state index in [1.54, 1.807) is 22.0 Å². The molecule has 4 aromatic heterocycles. The highest BCUT2D eigenvalue weighted by Gasteiger charge is 2.48. The number of carbonyl (C=O) groups is 1. The molecule has 216 valence electrons. The van der Waals surface area contributed by atoms with Gasteiger partial charge in [0.2, 0.25) is 5.13 Å². The van der Waals surface area contributed by atoms with Crippen molar-refractivity contribution in [2.24, 2.45) is 0 Å². The number of nitriles is 1. The number of urea groups is 1. The van der Waals surface area contributed by atoms with Gasteiger partial charge in [-0.1, -0.05) is 11.3 Å². The van der Waals surface area contributed by atoms with Crippen molar-refractivity contribution in [3.05, 3.63) is 42.2 Å². The summed E-state index contributed by atoms with van der Waals surface area (Å²) in [6.45, 7) is 9.10. The summed E-state index contributed by atoms with van der Waals surface area (Å²) >= 11 is 1.57. The molecule has 2 atom stereocenters. The smallest absolute Gasteiger partial charge is 0.320 e. The zero-order valence-corrected chi connectivity index (χ0v) is 24.8. The molecule has 13 heteroatoms. The van der Waals surface area contributed by atoms with E-state index in [1.807, 2.05) is 40.3 Å². The lowest BCUT2D eigenvalue weighted by atomic mass is 9.88. The van der Waals surface area contributed by atoms with Gasteiger partial charge in [-0.25, -0.2) is 9.31 Å². The summed E-state index contributed by atoms with van der Waals surface area (Å²) < 4.78 is 1.80. The van der Waals surface area contributed by atoms with Crippen LogP contribution < -0.4 is 10.2 Å². The Morgan fingerprint density at radius 1 is 1.07 bits per heavy atom. The maximum Gasteiger partial charge on any atom is 0.320 e. The van der Waals surface area contributed by atoms with Gasteiger partial charge in [-0.2, -0.15) is 10.4 Å². The van der Waals surface area contributed by atoms with Crippen LogP contribution in [0, 0.1) is 11.3 Å². The second kappa shape index (κ2) is 10.5. The summed E-state index contributed by atoms with van der Waals surface area (Å²) in [5, 5.41) is 28.1. The number of pyridine rings is 1. The highest BCUT2D eigenvalue weighted by Crippen LogP contribution is 2.42. The Morgan fingerprint density at radius 2 is 1.86 bits per heavy atom. The molecule has 4 saturated heterocycles. The predicted octanol–water partition coefficient (Wildman–Crippen LogP) is 3.24. The highest BCUT2D eigenvalue weighted by atomic mass is 32.1. The second-order valence-corrected chi connectivity index (χ2v) is 12.6. The van der Waals surface area contributed by atoms with Crippen LogP contribution >= 0.6 is 11.3 Å². The number of carbonyl (C=O) groups excluding carboxylic acids is 1. The minimum atomic E-state index is 0.169. The number of piperazine rings is 2. The van der Waals surface area contributed by atoms with E-state index >= 15 is 0 Å². The van der Waals surface area contributed by atoms with E-state index in [4.69, 9.17) is 4.98 Å². The van der Waals surface area contributed by atoms with Crippen molar-refractivity contribution in [2.75, 3.05) is 56.5 Å². The summed E-state index contributed by atoms with van der Waals surface area (Å²) in [6, 6.07) is 10.8. The molecule has 0 radical (unpaired) electrons. The number of anilines is 2. The zero-order chi connectivity index (χ0) is 29.0. The Kier molecular flexibility index (Phi) is 6.67. The van der Waals surface area contributed by atoms with Crippen LogP contribution in [0.5, 0.6) is 0 Å². The van der Waals surface area contributed by atoms with Crippen LogP contribution in [0.3, 0.4) is 0 Å². The highest BCUT2D eigenvalue weighted by molar-refractivity contribution is 7.18. The van der Waals surface area contributed by atoms with Crippen LogP contribution in [0.1, 0.15) is 25.8 Å². The fourth-order valence-electron chi connectivity index (χ4n) is 6.16. The maximum atomic E-state index is 13.2. The van der Waals surface area contributed by atoms with Crippen LogP contribution in [-0.2, 0) is 0 Å². The molecule has 4 aliphatic rings. The third-order valence-electron chi connectivity index (χ3n) is 8.34. The number of rotatable bonds is 5. The number of hydrogen-bond acceptors (Lipinski definition) is 10. The average Bonchev–Trinajstić information content (AvgIpc) is 3.64. The number of nitrogens with one attached hydrogen (secondary N) is 1. The molecule has 4 aromatic rings. The maximum absolute atomic E-state index is 13.2. The molecular formula is C29H33N11OS. The van der Waals surface area contributed by atoms with Crippen molar-refractivity contribution < 1.29 is 4.79 Å². The first kappa shape index (κ1) is 26.6. The fraction of sp³-hybridized carbons (Fsp3) is 0.448. The molecule has 42 heavy (non-hydrogen) atoms. The van der Waals surface area contributed by atoms with Crippen molar-refractivity contribution in [1.29, 1.82) is 5.26 Å². The third-order valence-corrected chi connectivity index (χ3v) is 9.31. The summed E-state index contributed by atoms with van der Waals surface area (Å²) in [6.07, 6.45) is 4.49. The lowest BCUT2D eigenvalue weighted by Crippen LogP contribution is -2.71. The Hall–Kier alpha value is -4.28. The van der Waals surface area contributed by atoms with Gasteiger partial charge in [0.25, 0.3) is 0 Å². The molecule has 8 heterocycles. The van der Waals surface area contributed by atoms with Crippen LogP contribution in [0.4, 0.5) is 15.6 Å².